The van der Waals surface area contributed by atoms with Gasteiger partial charge in [0.25, 0.3) is 0 Å². The molecule has 1 rings (SSSR count). The smallest absolute Gasteiger partial charge is 0.185 e. The van der Waals surface area contributed by atoms with Gasteiger partial charge in [-0.2, -0.15) is 5.26 Å². The van der Waals surface area contributed by atoms with Gasteiger partial charge < -0.3 is 0 Å². The van der Waals surface area contributed by atoms with Crippen LogP contribution in [0.2, 0.25) is 5.15 Å². The van der Waals surface area contributed by atoms with Crippen LogP contribution in [0, 0.1) is 11.5 Å². The molecule has 4 nitrogen and oxygen atoms in total. The molecule has 0 aromatic carbocycles. The summed E-state index contributed by atoms with van der Waals surface area (Å²) in [6, 6.07) is 3.26. The molecule has 1 aromatic heterocycles. The fraction of sp³-hybridized carbons (Fsp3) is 0.286. The third kappa shape index (κ3) is 1.83. The number of rotatable bonds is 2. The molecule has 0 saturated heterocycles. The minimum atomic E-state index is 0.327. The summed E-state index contributed by atoms with van der Waals surface area (Å²) in [6.07, 6.45) is 1.98. The highest BCUT2D eigenvalue weighted by molar-refractivity contribution is 6.29. The molecule has 12 heavy (non-hydrogen) atoms. The van der Waals surface area contributed by atoms with E-state index in [0.29, 0.717) is 17.5 Å². The number of aromatic nitrogens is 2. The first-order valence-corrected chi connectivity index (χ1v) is 3.82. The molecule has 5 heteroatoms. The number of anilines is 1. The van der Waals surface area contributed by atoms with Crippen molar-refractivity contribution in [3.8, 4) is 6.19 Å². The van der Waals surface area contributed by atoms with E-state index in [2.05, 4.69) is 10.2 Å². The van der Waals surface area contributed by atoms with Crippen LogP contribution < -0.4 is 4.90 Å². The average Bonchev–Trinajstić information content (AvgIpc) is 2.10. The highest BCUT2D eigenvalue weighted by Gasteiger charge is 2.03. The van der Waals surface area contributed by atoms with Gasteiger partial charge in [-0.05, 0) is 19.1 Å². The Morgan fingerprint density at radius 1 is 1.58 bits per heavy atom. The van der Waals surface area contributed by atoms with Crippen molar-refractivity contribution in [3.05, 3.63) is 17.3 Å². The summed E-state index contributed by atoms with van der Waals surface area (Å²) in [5.41, 5.74) is 0. The lowest BCUT2D eigenvalue weighted by Gasteiger charge is -2.09. The minimum absolute atomic E-state index is 0.327. The molecule has 0 aliphatic rings. The molecule has 0 spiro atoms. The standard InChI is InChI=1S/C7H7ClN4/c1-2-12(5-9)7-4-3-6(8)10-11-7/h3-4H,2H2,1H3. The second kappa shape index (κ2) is 3.88. The molecule has 0 saturated carbocycles. The fourth-order valence-electron chi connectivity index (χ4n) is 0.737. The van der Waals surface area contributed by atoms with Crippen LogP contribution in [-0.2, 0) is 0 Å². The molecular weight excluding hydrogens is 176 g/mol. The average molecular weight is 183 g/mol. The van der Waals surface area contributed by atoms with Crippen LogP contribution in [0.5, 0.6) is 0 Å². The molecule has 0 aliphatic carbocycles. The second-order valence-electron chi connectivity index (χ2n) is 2.06. The summed E-state index contributed by atoms with van der Waals surface area (Å²) < 4.78 is 0. The first kappa shape index (κ1) is 8.75. The number of hydrogen-bond acceptors (Lipinski definition) is 4. The van der Waals surface area contributed by atoms with Gasteiger partial charge in [-0.15, -0.1) is 10.2 Å². The topological polar surface area (TPSA) is 52.8 Å². The molecule has 1 heterocycles. The van der Waals surface area contributed by atoms with Gasteiger partial charge in [0.1, 0.15) is 0 Å². The van der Waals surface area contributed by atoms with Crippen molar-refractivity contribution in [3.63, 3.8) is 0 Å². The van der Waals surface area contributed by atoms with Crippen molar-refractivity contribution in [2.24, 2.45) is 0 Å². The van der Waals surface area contributed by atoms with Gasteiger partial charge in [-0.25, -0.2) is 0 Å². The molecule has 0 unspecified atom stereocenters. The molecule has 0 bridgehead atoms. The zero-order chi connectivity index (χ0) is 8.97. The first-order valence-electron chi connectivity index (χ1n) is 3.44. The molecule has 0 amide bonds. The summed E-state index contributed by atoms with van der Waals surface area (Å²) in [7, 11) is 0. The van der Waals surface area contributed by atoms with Crippen LogP contribution in [0.4, 0.5) is 5.82 Å². The molecule has 0 aliphatic heterocycles. The lowest BCUT2D eigenvalue weighted by Crippen LogP contribution is -2.16. The Morgan fingerprint density at radius 2 is 2.33 bits per heavy atom. The zero-order valence-electron chi connectivity index (χ0n) is 6.53. The van der Waals surface area contributed by atoms with E-state index >= 15 is 0 Å². The maximum absolute atomic E-state index is 8.62. The Bertz CT molecular complexity index is 289. The number of halogens is 1. The van der Waals surface area contributed by atoms with Crippen molar-refractivity contribution >= 4 is 17.4 Å². The van der Waals surface area contributed by atoms with Crippen LogP contribution in [0.15, 0.2) is 12.1 Å². The Kier molecular flexibility index (Phi) is 2.83. The third-order valence-corrected chi connectivity index (χ3v) is 1.53. The predicted octanol–water partition coefficient (Wildman–Crippen LogP) is 1.44. The van der Waals surface area contributed by atoms with Crippen LogP contribution in [-0.4, -0.2) is 16.7 Å². The van der Waals surface area contributed by atoms with Gasteiger partial charge in [0.15, 0.2) is 17.2 Å². The Morgan fingerprint density at radius 3 is 2.75 bits per heavy atom. The molecular formula is C7H7ClN4. The normalized spacial score (nSPS) is 9.08. The molecule has 0 atom stereocenters. The monoisotopic (exact) mass is 182 g/mol. The Hall–Kier alpha value is -1.34. The molecule has 1 aromatic rings. The summed E-state index contributed by atoms with van der Waals surface area (Å²) in [4.78, 5) is 1.42. The van der Waals surface area contributed by atoms with Gasteiger partial charge in [-0.3, -0.25) is 4.90 Å². The fourth-order valence-corrected chi connectivity index (χ4v) is 0.838. The van der Waals surface area contributed by atoms with Crippen LogP contribution >= 0.6 is 11.6 Å². The van der Waals surface area contributed by atoms with Gasteiger partial charge >= 0.3 is 0 Å². The van der Waals surface area contributed by atoms with E-state index < -0.39 is 0 Å². The molecule has 0 fully saturated rings. The van der Waals surface area contributed by atoms with Crippen LogP contribution in [0.3, 0.4) is 0 Å². The van der Waals surface area contributed by atoms with E-state index in [0.717, 1.165) is 0 Å². The molecule has 62 valence electrons. The van der Waals surface area contributed by atoms with E-state index in [1.54, 1.807) is 12.1 Å². The van der Waals surface area contributed by atoms with Crippen molar-refractivity contribution in [1.29, 1.82) is 5.26 Å². The molecule has 0 N–H and O–H groups in total. The summed E-state index contributed by atoms with van der Waals surface area (Å²) in [6.45, 7) is 2.44. The summed E-state index contributed by atoms with van der Waals surface area (Å²) in [5.74, 6) is 0.518. The van der Waals surface area contributed by atoms with Crippen molar-refractivity contribution in [1.82, 2.24) is 10.2 Å². The second-order valence-corrected chi connectivity index (χ2v) is 2.45. The number of nitriles is 1. The summed E-state index contributed by atoms with van der Waals surface area (Å²) >= 11 is 5.53. The zero-order valence-corrected chi connectivity index (χ0v) is 7.28. The van der Waals surface area contributed by atoms with Gasteiger partial charge in [-0.1, -0.05) is 11.6 Å². The number of hydrogen-bond donors (Lipinski definition) is 0. The third-order valence-electron chi connectivity index (χ3n) is 1.33. The van der Waals surface area contributed by atoms with Crippen LogP contribution in [0.25, 0.3) is 0 Å². The van der Waals surface area contributed by atoms with Crippen LogP contribution in [0.1, 0.15) is 6.92 Å². The van der Waals surface area contributed by atoms with Gasteiger partial charge in [0, 0.05) is 6.54 Å². The molecule has 0 radical (unpaired) electrons. The van der Waals surface area contributed by atoms with Gasteiger partial charge in [0.2, 0.25) is 0 Å². The lowest BCUT2D eigenvalue weighted by molar-refractivity contribution is 0.934. The quantitative estimate of drug-likeness (QED) is 0.513. The SMILES string of the molecule is CCN(C#N)c1ccc(Cl)nn1. The van der Waals surface area contributed by atoms with Crippen molar-refractivity contribution < 1.29 is 0 Å². The summed E-state index contributed by atoms with van der Waals surface area (Å²) in [5, 5.41) is 16.3. The van der Waals surface area contributed by atoms with E-state index in [1.165, 1.54) is 4.90 Å². The largest absolute Gasteiger partial charge is 0.262 e. The number of nitrogens with zero attached hydrogens (tertiary/aromatic N) is 4. The first-order chi connectivity index (χ1) is 5.77. The minimum Gasteiger partial charge on any atom is -0.262 e. The Balaban J connectivity index is 2.89. The maximum atomic E-state index is 8.62. The van der Waals surface area contributed by atoms with Crippen molar-refractivity contribution in [2.75, 3.05) is 11.4 Å². The van der Waals surface area contributed by atoms with Gasteiger partial charge in [0.05, 0.1) is 0 Å². The maximum Gasteiger partial charge on any atom is 0.185 e. The highest BCUT2D eigenvalue weighted by Crippen LogP contribution is 2.09. The van der Waals surface area contributed by atoms with E-state index in [1.807, 2.05) is 13.1 Å². The van der Waals surface area contributed by atoms with E-state index in [9.17, 15) is 0 Å². The van der Waals surface area contributed by atoms with Crippen molar-refractivity contribution in [2.45, 2.75) is 6.92 Å². The van der Waals surface area contributed by atoms with E-state index in [-0.39, 0.29) is 0 Å². The highest BCUT2D eigenvalue weighted by atomic mass is 35.5. The lowest BCUT2D eigenvalue weighted by atomic mass is 10.5. The predicted molar refractivity (Wildman–Crippen MR) is 45.7 cm³/mol. The van der Waals surface area contributed by atoms with E-state index in [4.69, 9.17) is 16.9 Å². The Labute approximate surface area is 75.4 Å².